The van der Waals surface area contributed by atoms with Crippen molar-refractivity contribution in [3.63, 3.8) is 0 Å². The van der Waals surface area contributed by atoms with Crippen LogP contribution in [0.4, 0.5) is 4.39 Å². The van der Waals surface area contributed by atoms with E-state index < -0.39 is 58.4 Å². The molecule has 184 valence electrons. The lowest BCUT2D eigenvalue weighted by Gasteiger charge is -2.64. The van der Waals surface area contributed by atoms with Crippen LogP contribution in [0, 0.1) is 34.5 Å². The molecule has 0 aliphatic heterocycles. The summed E-state index contributed by atoms with van der Waals surface area (Å²) in [6.45, 7) is 8.34. The molecular weight excluding hydrogens is 427 g/mol. The number of ether oxygens (including phenoxy) is 1. The molecule has 4 aliphatic rings. The van der Waals surface area contributed by atoms with Crippen molar-refractivity contribution < 1.29 is 33.7 Å². The van der Waals surface area contributed by atoms with Gasteiger partial charge in [0.05, 0.1) is 6.10 Å². The molecule has 0 radical (unpaired) electrons. The van der Waals surface area contributed by atoms with Gasteiger partial charge in [-0.1, -0.05) is 40.2 Å². The van der Waals surface area contributed by atoms with Crippen LogP contribution in [0.1, 0.15) is 73.1 Å². The minimum Gasteiger partial charge on any atom is -0.450 e. The Labute approximate surface area is 195 Å². The molecule has 7 heteroatoms. The van der Waals surface area contributed by atoms with Crippen molar-refractivity contribution in [3.8, 4) is 0 Å². The maximum absolute atomic E-state index is 17.4. The first-order valence-corrected chi connectivity index (χ1v) is 12.3. The topological polar surface area (TPSA) is 101 Å². The molecule has 0 aromatic heterocycles. The number of rotatable bonds is 4. The van der Waals surface area contributed by atoms with Gasteiger partial charge < -0.3 is 14.9 Å². The molecule has 33 heavy (non-hydrogen) atoms. The van der Waals surface area contributed by atoms with E-state index >= 15 is 4.39 Å². The molecule has 3 saturated carbocycles. The Hall–Kier alpha value is -1.60. The van der Waals surface area contributed by atoms with Crippen molar-refractivity contribution in [2.75, 3.05) is 6.61 Å². The summed E-state index contributed by atoms with van der Waals surface area (Å²) in [6.07, 6.45) is 1.71. The Morgan fingerprint density at radius 2 is 1.88 bits per heavy atom. The first-order chi connectivity index (χ1) is 15.3. The molecule has 0 amide bonds. The molecule has 4 aliphatic carbocycles. The predicted octanol–water partition coefficient (Wildman–Crippen LogP) is 3.33. The zero-order valence-electron chi connectivity index (χ0n) is 20.3. The third kappa shape index (κ3) is 2.87. The highest BCUT2D eigenvalue weighted by Crippen LogP contribution is 2.72. The maximum Gasteiger partial charge on any atom is 0.306 e. The number of aliphatic hydroxyl groups excluding tert-OH is 2. The minimum absolute atomic E-state index is 0.0000358. The molecule has 9 atom stereocenters. The second-order valence-electron chi connectivity index (χ2n) is 11.4. The lowest BCUT2D eigenvalue weighted by molar-refractivity contribution is -0.238. The first-order valence-electron chi connectivity index (χ1n) is 12.3. The fourth-order valence-corrected chi connectivity index (χ4v) is 8.53. The maximum atomic E-state index is 17.4. The van der Waals surface area contributed by atoms with Gasteiger partial charge in [0.25, 0.3) is 0 Å². The van der Waals surface area contributed by atoms with Crippen LogP contribution in [0.3, 0.4) is 0 Å². The zero-order chi connectivity index (χ0) is 24.6. The van der Waals surface area contributed by atoms with Crippen LogP contribution in [0.25, 0.3) is 0 Å². The Morgan fingerprint density at radius 1 is 1.21 bits per heavy atom. The van der Waals surface area contributed by atoms with E-state index in [1.807, 2.05) is 27.7 Å². The highest BCUT2D eigenvalue weighted by Gasteiger charge is 2.77. The van der Waals surface area contributed by atoms with Gasteiger partial charge in [-0.25, -0.2) is 4.39 Å². The van der Waals surface area contributed by atoms with E-state index in [-0.39, 0.29) is 36.9 Å². The lowest BCUT2D eigenvalue weighted by atomic mass is 9.42. The van der Waals surface area contributed by atoms with Crippen LogP contribution in [-0.4, -0.2) is 51.7 Å². The van der Waals surface area contributed by atoms with Crippen molar-refractivity contribution in [2.45, 2.75) is 90.5 Å². The molecule has 0 heterocycles. The number of hydrogen-bond donors (Lipinski definition) is 2. The van der Waals surface area contributed by atoms with E-state index in [1.165, 1.54) is 0 Å². The Kier molecular flexibility index (Phi) is 5.73. The van der Waals surface area contributed by atoms with E-state index in [0.717, 1.165) is 5.57 Å². The number of esters is 1. The Morgan fingerprint density at radius 3 is 2.48 bits per heavy atom. The quantitative estimate of drug-likeness (QED) is 0.619. The Bertz CT molecular complexity index is 914. The summed E-state index contributed by atoms with van der Waals surface area (Å²) in [5.41, 5.74) is -4.77. The van der Waals surface area contributed by atoms with Gasteiger partial charge in [-0.15, -0.1) is 0 Å². The highest BCUT2D eigenvalue weighted by molar-refractivity contribution is 5.93. The summed E-state index contributed by atoms with van der Waals surface area (Å²) in [5.74, 6) is -2.48. The van der Waals surface area contributed by atoms with Crippen molar-refractivity contribution in [1.29, 1.82) is 0 Å². The lowest BCUT2D eigenvalue weighted by Crippen LogP contribution is -2.71. The third-order valence-electron chi connectivity index (χ3n) is 10.0. The van der Waals surface area contributed by atoms with Gasteiger partial charge in [0.1, 0.15) is 12.3 Å². The molecule has 0 aromatic carbocycles. The molecule has 4 rings (SSSR count). The number of aliphatic hydroxyl groups is 2. The number of fused-ring (bicyclic) bond motifs is 5. The number of hydrogen-bond acceptors (Lipinski definition) is 6. The van der Waals surface area contributed by atoms with Gasteiger partial charge in [-0.3, -0.25) is 14.4 Å². The van der Waals surface area contributed by atoms with Gasteiger partial charge in [0.15, 0.2) is 11.4 Å². The van der Waals surface area contributed by atoms with Gasteiger partial charge >= 0.3 is 5.97 Å². The standard InChI is InChI=1S/C26H37FO6/c1-6-22(32)33-26(21(31)13-28)15(3)10-18-19-9-14(2)17-11-16(29)7-8-23(17,4)25(19,27)20(30)12-24(18,26)5/h11,14-15,18-20,28,30H,6-10,12-13H2,1-5H3/t14?,15?,18-,19-,20?,23-,24-,25-,26-/m0/s1. The van der Waals surface area contributed by atoms with Gasteiger partial charge in [0, 0.05) is 35.5 Å². The first kappa shape index (κ1) is 24.5. The number of ketones is 2. The van der Waals surface area contributed by atoms with E-state index in [1.54, 1.807) is 13.0 Å². The summed E-state index contributed by atoms with van der Waals surface area (Å²) in [5, 5.41) is 21.4. The van der Waals surface area contributed by atoms with Crippen molar-refractivity contribution >= 4 is 17.5 Å². The number of carbonyl (C=O) groups excluding carboxylic acids is 3. The monoisotopic (exact) mass is 464 g/mol. The van der Waals surface area contributed by atoms with Crippen molar-refractivity contribution in [1.82, 2.24) is 0 Å². The van der Waals surface area contributed by atoms with Crippen LogP contribution < -0.4 is 0 Å². The molecular formula is C26H37FO6. The van der Waals surface area contributed by atoms with Crippen molar-refractivity contribution in [3.05, 3.63) is 11.6 Å². The third-order valence-corrected chi connectivity index (χ3v) is 10.0. The van der Waals surface area contributed by atoms with Crippen LogP contribution in [0.5, 0.6) is 0 Å². The van der Waals surface area contributed by atoms with E-state index in [9.17, 15) is 24.6 Å². The van der Waals surface area contributed by atoms with E-state index in [2.05, 4.69) is 0 Å². The average molecular weight is 465 g/mol. The second-order valence-corrected chi connectivity index (χ2v) is 11.4. The smallest absolute Gasteiger partial charge is 0.306 e. The molecule has 3 unspecified atom stereocenters. The number of carbonyl (C=O) groups is 3. The SMILES string of the molecule is CCC(=O)O[C@]1(C(=O)CO)C(C)C[C@H]2[C@@H]3CC(C)C4=CC(=O)CC[C@]4(C)[C@@]3(F)C(O)C[C@@]21C. The molecule has 0 saturated heterocycles. The van der Waals surface area contributed by atoms with Crippen LogP contribution in [0.15, 0.2) is 11.6 Å². The molecule has 0 aromatic rings. The molecule has 3 fully saturated rings. The zero-order valence-corrected chi connectivity index (χ0v) is 20.3. The van der Waals surface area contributed by atoms with E-state index in [0.29, 0.717) is 19.3 Å². The summed E-state index contributed by atoms with van der Waals surface area (Å²) in [7, 11) is 0. The highest BCUT2D eigenvalue weighted by atomic mass is 19.1. The van der Waals surface area contributed by atoms with Crippen molar-refractivity contribution in [2.24, 2.45) is 34.5 Å². The predicted molar refractivity (Wildman–Crippen MR) is 119 cm³/mol. The summed E-state index contributed by atoms with van der Waals surface area (Å²) in [6, 6.07) is 0. The van der Waals surface area contributed by atoms with Gasteiger partial charge in [-0.2, -0.15) is 0 Å². The number of Topliss-reactive ketones (excluding diaryl/α,β-unsaturated/α-hetero) is 1. The minimum atomic E-state index is -1.96. The van der Waals surface area contributed by atoms with Gasteiger partial charge in [-0.05, 0) is 43.6 Å². The number of halogens is 1. The summed E-state index contributed by atoms with van der Waals surface area (Å²) in [4.78, 5) is 37.9. The van der Waals surface area contributed by atoms with Gasteiger partial charge in [0.2, 0.25) is 5.78 Å². The fourth-order valence-electron chi connectivity index (χ4n) is 8.53. The van der Waals surface area contributed by atoms with Crippen LogP contribution in [0.2, 0.25) is 0 Å². The van der Waals surface area contributed by atoms with E-state index in [4.69, 9.17) is 4.74 Å². The summed E-state index contributed by atoms with van der Waals surface area (Å²) < 4.78 is 23.3. The normalized spacial score (nSPS) is 48.9. The number of alkyl halides is 1. The van der Waals surface area contributed by atoms with Crippen LogP contribution >= 0.6 is 0 Å². The molecule has 2 N–H and O–H groups in total. The molecule has 0 spiro atoms. The fraction of sp³-hybridized carbons (Fsp3) is 0.808. The van der Waals surface area contributed by atoms with Crippen LogP contribution in [-0.2, 0) is 19.1 Å². The Balaban J connectivity index is 1.87. The number of allylic oxidation sites excluding steroid dienone is 1. The molecule has 0 bridgehead atoms. The largest absolute Gasteiger partial charge is 0.450 e. The average Bonchev–Trinajstić information content (AvgIpc) is 2.98. The summed E-state index contributed by atoms with van der Waals surface area (Å²) >= 11 is 0. The second kappa shape index (κ2) is 7.70. The molecule has 6 nitrogen and oxygen atoms in total.